The first-order valence-corrected chi connectivity index (χ1v) is 11.6. The molecule has 1 aromatic carbocycles. The zero-order chi connectivity index (χ0) is 22.6. The van der Waals surface area contributed by atoms with Gasteiger partial charge in [-0.15, -0.1) is 0 Å². The molecule has 166 valence electrons. The lowest BCUT2D eigenvalue weighted by molar-refractivity contribution is -0.0268. The van der Waals surface area contributed by atoms with E-state index in [4.69, 9.17) is 11.5 Å². The van der Waals surface area contributed by atoms with Crippen LogP contribution in [0, 0.1) is 11.3 Å². The van der Waals surface area contributed by atoms with Crippen molar-refractivity contribution in [2.45, 2.75) is 44.3 Å². The van der Waals surface area contributed by atoms with Gasteiger partial charge in [0.2, 0.25) is 0 Å². The summed E-state index contributed by atoms with van der Waals surface area (Å²) in [6, 6.07) is 8.14. The molecular formula is C24H26BrN5O2. The number of rotatable bonds is 4. The number of fused-ring (bicyclic) bond motifs is 2. The predicted octanol–water partition coefficient (Wildman–Crippen LogP) is 3.44. The maximum absolute atomic E-state index is 11.0. The van der Waals surface area contributed by atoms with Crippen LogP contribution in [-0.2, 0) is 6.42 Å². The van der Waals surface area contributed by atoms with E-state index in [2.05, 4.69) is 43.9 Å². The number of aryl methyl sites for hydroxylation is 1. The third-order valence-corrected chi connectivity index (χ3v) is 7.85. The van der Waals surface area contributed by atoms with E-state index in [0.717, 1.165) is 45.0 Å². The highest BCUT2D eigenvalue weighted by Crippen LogP contribution is 2.52. The van der Waals surface area contributed by atoms with Crippen LogP contribution < -0.4 is 11.5 Å². The Balaban J connectivity index is 1.35. The first-order chi connectivity index (χ1) is 15.3. The van der Waals surface area contributed by atoms with E-state index in [1.54, 1.807) is 0 Å². The molecule has 0 radical (unpaired) electrons. The van der Waals surface area contributed by atoms with Gasteiger partial charge in [-0.2, -0.15) is 0 Å². The summed E-state index contributed by atoms with van der Waals surface area (Å²) < 4.78 is 0.786. The van der Waals surface area contributed by atoms with Gasteiger partial charge in [0.25, 0.3) is 0 Å². The molecule has 0 saturated heterocycles. The average molecular weight is 496 g/mol. The summed E-state index contributed by atoms with van der Waals surface area (Å²) >= 11 is 3.42. The SMILES string of the molecule is C[C@]1(CCc2ccc3cc(Br)c(N)nc3c2)C[C@@H](C2C=Cc3c(N)ncnc32)[C@H](O)[C@@H]1O. The van der Waals surface area contributed by atoms with Crippen molar-refractivity contribution in [1.82, 2.24) is 15.0 Å². The van der Waals surface area contributed by atoms with Gasteiger partial charge in [-0.05, 0) is 64.2 Å². The molecule has 1 saturated carbocycles. The van der Waals surface area contributed by atoms with Crippen molar-refractivity contribution in [2.24, 2.45) is 11.3 Å². The molecule has 7 nitrogen and oxygen atoms in total. The fraction of sp³-hybridized carbons (Fsp3) is 0.375. The van der Waals surface area contributed by atoms with Crippen molar-refractivity contribution in [2.75, 3.05) is 11.5 Å². The maximum Gasteiger partial charge on any atom is 0.138 e. The number of aromatic nitrogens is 3. The summed E-state index contributed by atoms with van der Waals surface area (Å²) in [5.41, 5.74) is 15.1. The monoisotopic (exact) mass is 495 g/mol. The minimum atomic E-state index is -0.827. The molecule has 2 aliphatic carbocycles. The van der Waals surface area contributed by atoms with Gasteiger partial charge in [-0.1, -0.05) is 31.2 Å². The standard InChI is InChI=1S/C24H26BrN5O2/c1-24(7-6-12-2-3-13-9-17(25)23(27)30-18(13)8-12)10-16(20(31)21(24)32)14-4-5-15-19(14)28-11-29-22(15)26/h2-5,8-9,11,14,16,20-21,31-32H,6-7,10H2,1H3,(H2,27,30)(H2,26,28,29)/t14?,16-,20-,21-,24-/m0/s1. The lowest BCUT2D eigenvalue weighted by Gasteiger charge is -2.29. The smallest absolute Gasteiger partial charge is 0.138 e. The van der Waals surface area contributed by atoms with Gasteiger partial charge >= 0.3 is 0 Å². The molecule has 2 aromatic heterocycles. The van der Waals surface area contributed by atoms with Crippen LogP contribution >= 0.6 is 15.9 Å². The first kappa shape index (κ1) is 21.3. The van der Waals surface area contributed by atoms with E-state index < -0.39 is 17.6 Å². The second-order valence-electron chi connectivity index (χ2n) is 9.28. The molecule has 5 rings (SSSR count). The summed E-state index contributed by atoms with van der Waals surface area (Å²) in [4.78, 5) is 12.9. The fourth-order valence-corrected chi connectivity index (χ4v) is 5.63. The Kier molecular flexibility index (Phi) is 5.19. The molecule has 6 N–H and O–H groups in total. The molecule has 5 atom stereocenters. The summed E-state index contributed by atoms with van der Waals surface area (Å²) in [7, 11) is 0. The van der Waals surface area contributed by atoms with Gasteiger partial charge < -0.3 is 21.7 Å². The predicted molar refractivity (Wildman–Crippen MR) is 129 cm³/mol. The van der Waals surface area contributed by atoms with E-state index in [9.17, 15) is 10.2 Å². The lowest BCUT2D eigenvalue weighted by atomic mass is 9.78. The van der Waals surface area contributed by atoms with Crippen LogP contribution in [-0.4, -0.2) is 37.4 Å². The topological polar surface area (TPSA) is 131 Å². The Hall–Kier alpha value is -2.55. The number of anilines is 2. The van der Waals surface area contributed by atoms with Crippen molar-refractivity contribution in [3.63, 3.8) is 0 Å². The van der Waals surface area contributed by atoms with Gasteiger partial charge in [0, 0.05) is 16.9 Å². The van der Waals surface area contributed by atoms with Gasteiger partial charge in [0.15, 0.2) is 0 Å². The van der Waals surface area contributed by atoms with E-state index in [1.807, 2.05) is 30.4 Å². The number of aliphatic hydroxyl groups is 2. The Morgan fingerprint density at radius 1 is 1.16 bits per heavy atom. The second-order valence-corrected chi connectivity index (χ2v) is 10.1. The third kappa shape index (κ3) is 3.46. The van der Waals surface area contributed by atoms with Crippen LogP contribution in [0.15, 0.2) is 41.1 Å². The van der Waals surface area contributed by atoms with Crippen LogP contribution in [0.5, 0.6) is 0 Å². The van der Waals surface area contributed by atoms with Crippen molar-refractivity contribution >= 4 is 44.5 Å². The van der Waals surface area contributed by atoms with E-state index in [0.29, 0.717) is 18.1 Å². The number of benzene rings is 1. The maximum atomic E-state index is 11.0. The van der Waals surface area contributed by atoms with Crippen molar-refractivity contribution in [1.29, 1.82) is 0 Å². The second kappa shape index (κ2) is 7.79. The highest BCUT2D eigenvalue weighted by molar-refractivity contribution is 9.10. The number of halogens is 1. The quantitative estimate of drug-likeness (QED) is 0.435. The zero-order valence-corrected chi connectivity index (χ0v) is 19.3. The fourth-order valence-electron chi connectivity index (χ4n) is 5.30. The molecule has 0 spiro atoms. The van der Waals surface area contributed by atoms with E-state index in [-0.39, 0.29) is 11.8 Å². The number of nitrogens with zero attached hydrogens (tertiary/aromatic N) is 3. The van der Waals surface area contributed by atoms with E-state index >= 15 is 0 Å². The molecule has 2 heterocycles. The van der Waals surface area contributed by atoms with E-state index in [1.165, 1.54) is 6.33 Å². The number of hydrogen-bond donors (Lipinski definition) is 4. The molecular weight excluding hydrogens is 470 g/mol. The number of allylic oxidation sites excluding steroid dienone is 1. The van der Waals surface area contributed by atoms with Crippen molar-refractivity contribution < 1.29 is 10.2 Å². The molecule has 32 heavy (non-hydrogen) atoms. The Bertz CT molecular complexity index is 1230. The Labute approximate surface area is 194 Å². The van der Waals surface area contributed by atoms with Crippen LogP contribution in [0.2, 0.25) is 0 Å². The number of pyridine rings is 1. The molecule has 8 heteroatoms. The first-order valence-electron chi connectivity index (χ1n) is 10.8. The minimum Gasteiger partial charge on any atom is -0.390 e. The van der Waals surface area contributed by atoms with Crippen LogP contribution in [0.1, 0.15) is 42.5 Å². The molecule has 1 fully saturated rings. The Morgan fingerprint density at radius 2 is 1.97 bits per heavy atom. The molecule has 0 bridgehead atoms. The highest BCUT2D eigenvalue weighted by Gasteiger charge is 2.52. The lowest BCUT2D eigenvalue weighted by Crippen LogP contribution is -2.35. The molecule has 0 amide bonds. The van der Waals surface area contributed by atoms with Gasteiger partial charge in [0.05, 0.1) is 27.9 Å². The van der Waals surface area contributed by atoms with Crippen LogP contribution in [0.4, 0.5) is 11.6 Å². The molecule has 0 aliphatic heterocycles. The highest BCUT2D eigenvalue weighted by atomic mass is 79.9. The third-order valence-electron chi connectivity index (χ3n) is 7.22. The van der Waals surface area contributed by atoms with Gasteiger partial charge in [-0.25, -0.2) is 15.0 Å². The van der Waals surface area contributed by atoms with Gasteiger partial charge in [0.1, 0.15) is 18.0 Å². The number of hydrogen-bond acceptors (Lipinski definition) is 7. The normalized spacial score (nSPS) is 29.0. The van der Waals surface area contributed by atoms with Crippen LogP contribution in [0.3, 0.4) is 0 Å². The molecule has 2 aliphatic rings. The molecule has 1 unspecified atom stereocenters. The van der Waals surface area contributed by atoms with Gasteiger partial charge in [-0.3, -0.25) is 0 Å². The average Bonchev–Trinajstić information content (AvgIpc) is 3.29. The Morgan fingerprint density at radius 3 is 2.78 bits per heavy atom. The van der Waals surface area contributed by atoms with Crippen molar-refractivity contribution in [3.8, 4) is 0 Å². The summed E-state index contributed by atoms with van der Waals surface area (Å²) in [5, 5.41) is 23.0. The zero-order valence-electron chi connectivity index (χ0n) is 17.7. The summed E-state index contributed by atoms with van der Waals surface area (Å²) in [6.07, 6.45) is 5.99. The van der Waals surface area contributed by atoms with Crippen molar-refractivity contribution in [3.05, 3.63) is 58.0 Å². The number of nitrogens with two attached hydrogens (primary N) is 2. The summed E-state index contributed by atoms with van der Waals surface area (Å²) in [6.45, 7) is 2.06. The minimum absolute atomic E-state index is 0.0759. The number of nitrogen functional groups attached to an aromatic ring is 2. The largest absolute Gasteiger partial charge is 0.390 e. The number of aliphatic hydroxyl groups excluding tert-OH is 2. The molecule has 3 aromatic rings. The van der Waals surface area contributed by atoms with Crippen LogP contribution in [0.25, 0.3) is 17.0 Å². The summed E-state index contributed by atoms with van der Waals surface area (Å²) in [5.74, 6) is 0.709.